The molecule has 3 heterocycles. The summed E-state index contributed by atoms with van der Waals surface area (Å²) in [5, 5.41) is 29.5. The van der Waals surface area contributed by atoms with Crippen molar-refractivity contribution in [1.82, 2.24) is 19.9 Å². The molecule has 2 fully saturated rings. The molecule has 11 nitrogen and oxygen atoms in total. The Labute approximate surface area is 267 Å². The van der Waals surface area contributed by atoms with Crippen LogP contribution < -0.4 is 15.4 Å². The standard InChI is InChI=1S/C30H33F3N6O5S2/c1-15(17-6-8-20(9-7-17)44-30(31,32)33)35-28-36-16(2)22(27-37-24-21(45-27)11-13-34-23(24)18-4-5-18)26(38-28)39-29(41)12-10-19(25(29)40)14-46(3,42)43/h6-9,11,13,15,18-19,25,40-41H,4-5,10,12,14H2,1-3H3,(H2,35,36,38,39)/t15-,19-,25-,29+/m1/s1. The predicted octanol–water partition coefficient (Wildman–Crippen LogP) is 5.32. The van der Waals surface area contributed by atoms with Crippen LogP contribution in [0.2, 0.25) is 0 Å². The number of ether oxygens (including phenoxy) is 1. The van der Waals surface area contributed by atoms with Gasteiger partial charge in [0.25, 0.3) is 0 Å². The van der Waals surface area contributed by atoms with Crippen LogP contribution in [-0.4, -0.2) is 68.8 Å². The van der Waals surface area contributed by atoms with Gasteiger partial charge in [-0.3, -0.25) is 4.98 Å². The molecule has 3 aromatic heterocycles. The monoisotopic (exact) mass is 678 g/mol. The molecule has 16 heteroatoms. The molecule has 4 atom stereocenters. The van der Waals surface area contributed by atoms with Crippen LogP contribution in [0.5, 0.6) is 5.75 Å². The Morgan fingerprint density at radius 2 is 1.85 bits per heavy atom. The summed E-state index contributed by atoms with van der Waals surface area (Å²) in [7, 11) is -3.41. The van der Waals surface area contributed by atoms with Gasteiger partial charge in [-0.2, -0.15) is 4.98 Å². The van der Waals surface area contributed by atoms with E-state index in [1.807, 2.05) is 6.07 Å². The molecule has 246 valence electrons. The SMILES string of the molecule is Cc1nc(N[C@H](C)c2ccc(OC(F)(F)F)cc2)nc(N[C@]2(O)CC[C@H](CS(C)(=O)=O)[C@H]2O)c1-c1nc2c(C3CC3)nccc2s1. The second kappa shape index (κ2) is 11.9. The third-order valence-corrected chi connectivity index (χ3v) is 10.3. The summed E-state index contributed by atoms with van der Waals surface area (Å²) in [6.45, 7) is 3.54. The van der Waals surface area contributed by atoms with Crippen LogP contribution in [0, 0.1) is 12.8 Å². The van der Waals surface area contributed by atoms with Crippen LogP contribution in [0.4, 0.5) is 24.9 Å². The Hall–Kier alpha value is -3.60. The number of anilines is 2. The second-order valence-corrected chi connectivity index (χ2v) is 15.3. The van der Waals surface area contributed by atoms with Crippen molar-refractivity contribution < 1.29 is 36.5 Å². The zero-order valence-electron chi connectivity index (χ0n) is 25.2. The minimum absolute atomic E-state index is 0.0674. The summed E-state index contributed by atoms with van der Waals surface area (Å²) < 4.78 is 66.7. The second-order valence-electron chi connectivity index (χ2n) is 12.1. The average molecular weight is 679 g/mol. The van der Waals surface area contributed by atoms with Gasteiger partial charge in [-0.25, -0.2) is 18.4 Å². The molecular formula is C30H33F3N6O5S2. The topological polar surface area (TPSA) is 159 Å². The normalized spacial score (nSPS) is 22.6. The number of aryl methyl sites for hydroxylation is 1. The molecule has 0 amide bonds. The number of nitrogens with zero attached hydrogens (tertiary/aromatic N) is 4. The minimum Gasteiger partial charge on any atom is -0.406 e. The number of rotatable bonds is 10. The number of hydrogen-bond donors (Lipinski definition) is 4. The largest absolute Gasteiger partial charge is 0.573 e. The molecule has 0 bridgehead atoms. The number of aromatic nitrogens is 4. The highest BCUT2D eigenvalue weighted by molar-refractivity contribution is 7.90. The summed E-state index contributed by atoms with van der Waals surface area (Å²) in [4.78, 5) is 18.8. The molecule has 0 spiro atoms. The lowest BCUT2D eigenvalue weighted by Crippen LogP contribution is -2.48. The summed E-state index contributed by atoms with van der Waals surface area (Å²) >= 11 is 1.42. The number of fused-ring (bicyclic) bond motifs is 1. The molecule has 46 heavy (non-hydrogen) atoms. The Bertz CT molecular complexity index is 1870. The van der Waals surface area contributed by atoms with Gasteiger partial charge in [0.1, 0.15) is 38.0 Å². The smallest absolute Gasteiger partial charge is 0.406 e. The first-order valence-corrected chi connectivity index (χ1v) is 17.6. The van der Waals surface area contributed by atoms with Crippen LogP contribution in [-0.2, 0) is 9.84 Å². The van der Waals surface area contributed by atoms with E-state index >= 15 is 0 Å². The van der Waals surface area contributed by atoms with E-state index in [0.29, 0.717) is 27.7 Å². The molecule has 1 aromatic carbocycles. The number of halogens is 3. The zero-order valence-corrected chi connectivity index (χ0v) is 26.8. The van der Waals surface area contributed by atoms with Crippen LogP contribution in [0.25, 0.3) is 20.8 Å². The number of nitrogens with one attached hydrogen (secondary N) is 2. The number of benzene rings is 1. The van der Waals surface area contributed by atoms with E-state index in [0.717, 1.165) is 35.0 Å². The van der Waals surface area contributed by atoms with E-state index in [-0.39, 0.29) is 36.1 Å². The maximum atomic E-state index is 12.6. The molecule has 2 aliphatic carbocycles. The third-order valence-electron chi connectivity index (χ3n) is 8.25. The summed E-state index contributed by atoms with van der Waals surface area (Å²) in [5.41, 5.74) is 1.47. The van der Waals surface area contributed by atoms with E-state index in [9.17, 15) is 31.8 Å². The minimum atomic E-state index is -4.80. The van der Waals surface area contributed by atoms with Crippen LogP contribution >= 0.6 is 11.3 Å². The molecule has 2 saturated carbocycles. The molecular weight excluding hydrogens is 645 g/mol. The van der Waals surface area contributed by atoms with Gasteiger partial charge >= 0.3 is 6.36 Å². The molecule has 6 rings (SSSR count). The highest BCUT2D eigenvalue weighted by atomic mass is 32.2. The summed E-state index contributed by atoms with van der Waals surface area (Å²) in [6, 6.07) is 6.84. The van der Waals surface area contributed by atoms with Crippen molar-refractivity contribution in [2.45, 2.75) is 69.7 Å². The number of alkyl halides is 3. The number of aliphatic hydroxyl groups excluding tert-OH is 1. The molecule has 0 unspecified atom stereocenters. The Morgan fingerprint density at radius 3 is 2.50 bits per heavy atom. The quantitative estimate of drug-likeness (QED) is 0.161. The molecule has 0 radical (unpaired) electrons. The molecule has 0 saturated heterocycles. The van der Waals surface area contributed by atoms with Crippen molar-refractivity contribution >= 4 is 43.2 Å². The van der Waals surface area contributed by atoms with Crippen molar-refractivity contribution in [3.8, 4) is 16.3 Å². The van der Waals surface area contributed by atoms with E-state index in [1.165, 1.54) is 35.6 Å². The first kappa shape index (κ1) is 32.3. The maximum Gasteiger partial charge on any atom is 0.573 e. The fraction of sp³-hybridized carbons (Fsp3) is 0.467. The highest BCUT2D eigenvalue weighted by Gasteiger charge is 2.48. The third kappa shape index (κ3) is 7.04. The van der Waals surface area contributed by atoms with Crippen LogP contribution in [0.1, 0.15) is 61.5 Å². The van der Waals surface area contributed by atoms with Gasteiger partial charge in [0, 0.05) is 24.3 Å². The first-order chi connectivity index (χ1) is 21.6. The van der Waals surface area contributed by atoms with Gasteiger partial charge in [0.2, 0.25) is 5.95 Å². The van der Waals surface area contributed by atoms with E-state index in [4.69, 9.17) is 4.98 Å². The number of sulfone groups is 1. The highest BCUT2D eigenvalue weighted by Crippen LogP contribution is 2.45. The lowest BCUT2D eigenvalue weighted by Gasteiger charge is -2.31. The Morgan fingerprint density at radius 1 is 1.13 bits per heavy atom. The molecule has 4 aromatic rings. The number of pyridine rings is 1. The van der Waals surface area contributed by atoms with E-state index in [2.05, 4.69) is 30.3 Å². The fourth-order valence-electron chi connectivity index (χ4n) is 5.86. The fourth-order valence-corrected chi connectivity index (χ4v) is 8.06. The zero-order chi connectivity index (χ0) is 33.0. The van der Waals surface area contributed by atoms with Crippen molar-refractivity contribution in [3.63, 3.8) is 0 Å². The van der Waals surface area contributed by atoms with Gasteiger partial charge in [-0.05, 0) is 63.3 Å². The first-order valence-electron chi connectivity index (χ1n) is 14.7. The van der Waals surface area contributed by atoms with E-state index in [1.54, 1.807) is 20.0 Å². The van der Waals surface area contributed by atoms with Crippen LogP contribution in [0.15, 0.2) is 36.5 Å². The Balaban J connectivity index is 1.35. The van der Waals surface area contributed by atoms with Gasteiger partial charge in [-0.15, -0.1) is 24.5 Å². The summed E-state index contributed by atoms with van der Waals surface area (Å²) in [6.07, 6.45) is -0.931. The van der Waals surface area contributed by atoms with Crippen molar-refractivity contribution in [1.29, 1.82) is 0 Å². The van der Waals surface area contributed by atoms with E-state index < -0.39 is 40.0 Å². The molecule has 4 N–H and O–H groups in total. The number of hydrogen-bond acceptors (Lipinski definition) is 12. The maximum absolute atomic E-state index is 12.6. The van der Waals surface area contributed by atoms with Crippen molar-refractivity contribution in [2.24, 2.45) is 5.92 Å². The van der Waals surface area contributed by atoms with Gasteiger partial charge in [0.05, 0.1) is 33.4 Å². The van der Waals surface area contributed by atoms with Gasteiger partial charge in [0.15, 0.2) is 5.72 Å². The number of thiazole rings is 1. The van der Waals surface area contributed by atoms with Crippen LogP contribution in [0.3, 0.4) is 0 Å². The van der Waals surface area contributed by atoms with Gasteiger partial charge < -0.3 is 25.6 Å². The lowest BCUT2D eigenvalue weighted by atomic mass is 10.0. The molecule has 2 aliphatic rings. The molecule has 0 aliphatic heterocycles. The average Bonchev–Trinajstić information content (AvgIpc) is 3.65. The Kier molecular flexibility index (Phi) is 8.36. The van der Waals surface area contributed by atoms with Crippen molar-refractivity contribution in [2.75, 3.05) is 22.6 Å². The summed E-state index contributed by atoms with van der Waals surface area (Å²) in [5.74, 6) is -0.624. The number of aliphatic hydroxyl groups is 2. The predicted molar refractivity (Wildman–Crippen MR) is 167 cm³/mol. The van der Waals surface area contributed by atoms with Gasteiger partial charge in [-0.1, -0.05) is 12.1 Å². The lowest BCUT2D eigenvalue weighted by molar-refractivity contribution is -0.274. The van der Waals surface area contributed by atoms with Crippen molar-refractivity contribution in [3.05, 3.63) is 53.5 Å².